The highest BCUT2D eigenvalue weighted by atomic mass is 19.4. The van der Waals surface area contributed by atoms with Gasteiger partial charge in [-0.2, -0.15) is 13.2 Å². The number of nitrogens with two attached hydrogens (primary N) is 1. The van der Waals surface area contributed by atoms with Crippen molar-refractivity contribution < 1.29 is 18.3 Å². The summed E-state index contributed by atoms with van der Waals surface area (Å²) in [5.41, 5.74) is 7.39. The molecule has 0 radical (unpaired) electrons. The Hall–Kier alpha value is -1.43. The van der Waals surface area contributed by atoms with E-state index >= 15 is 0 Å². The molecule has 6 heteroatoms. The second-order valence-electron chi connectivity index (χ2n) is 3.51. The van der Waals surface area contributed by atoms with E-state index in [2.05, 4.69) is 5.32 Å². The lowest BCUT2D eigenvalue weighted by molar-refractivity contribution is -0.198. The van der Waals surface area contributed by atoms with Gasteiger partial charge in [0.25, 0.3) is 0 Å². The molecule has 3 nitrogen and oxygen atoms in total. The van der Waals surface area contributed by atoms with E-state index in [4.69, 9.17) is 10.8 Å². The lowest BCUT2D eigenvalue weighted by atomic mass is 10.2. The Balaban J connectivity index is 2.58. The number of rotatable bonds is 3. The van der Waals surface area contributed by atoms with Gasteiger partial charge >= 0.3 is 6.18 Å². The first-order valence-corrected chi connectivity index (χ1v) is 4.65. The van der Waals surface area contributed by atoms with Gasteiger partial charge in [0.1, 0.15) is 0 Å². The van der Waals surface area contributed by atoms with E-state index < -0.39 is 18.8 Å². The quantitative estimate of drug-likeness (QED) is 0.700. The molecule has 1 aromatic rings. The van der Waals surface area contributed by atoms with E-state index in [-0.39, 0.29) is 0 Å². The molecule has 0 aliphatic rings. The minimum atomic E-state index is -4.60. The summed E-state index contributed by atoms with van der Waals surface area (Å²) in [6, 6.07) is 4.78. The first kappa shape index (κ1) is 12.6. The standard InChI is InChI=1S/C10H13F3N2O/c1-6-4-7(2-3-8(6)14)15-5-9(16)10(11,12)13/h2-4,9,15-16H,5,14H2,1H3. The molecule has 0 bridgehead atoms. The SMILES string of the molecule is Cc1cc(NCC(O)C(F)(F)F)ccc1N. The van der Waals surface area contributed by atoms with Gasteiger partial charge in [0.15, 0.2) is 6.10 Å². The van der Waals surface area contributed by atoms with Crippen LogP contribution >= 0.6 is 0 Å². The maximum absolute atomic E-state index is 12.0. The predicted molar refractivity (Wildman–Crippen MR) is 56.1 cm³/mol. The Morgan fingerprint density at radius 2 is 2.06 bits per heavy atom. The average molecular weight is 234 g/mol. The van der Waals surface area contributed by atoms with Crippen LogP contribution in [0.5, 0.6) is 0 Å². The number of nitrogens with one attached hydrogen (secondary N) is 1. The number of hydrogen-bond acceptors (Lipinski definition) is 3. The monoisotopic (exact) mass is 234 g/mol. The van der Waals surface area contributed by atoms with Crippen LogP contribution in [0.15, 0.2) is 18.2 Å². The lowest BCUT2D eigenvalue weighted by Gasteiger charge is -2.16. The summed E-state index contributed by atoms with van der Waals surface area (Å²) in [6.07, 6.45) is -6.97. The number of nitrogen functional groups attached to an aromatic ring is 1. The molecule has 1 aromatic carbocycles. The number of anilines is 2. The minimum absolute atomic E-state index is 0.495. The lowest BCUT2D eigenvalue weighted by Crippen LogP contribution is -2.35. The molecule has 0 saturated heterocycles. The summed E-state index contributed by atoms with van der Waals surface area (Å²) in [6.45, 7) is 1.17. The zero-order valence-corrected chi connectivity index (χ0v) is 8.67. The molecule has 0 amide bonds. The van der Waals surface area contributed by atoms with Gasteiger partial charge in [0.2, 0.25) is 0 Å². The molecule has 0 fully saturated rings. The van der Waals surface area contributed by atoms with Crippen LogP contribution in [0.4, 0.5) is 24.5 Å². The van der Waals surface area contributed by atoms with Crippen molar-refractivity contribution in [3.05, 3.63) is 23.8 Å². The predicted octanol–water partition coefficient (Wildman–Crippen LogP) is 1.91. The third-order valence-corrected chi connectivity index (χ3v) is 2.15. The van der Waals surface area contributed by atoms with E-state index in [9.17, 15) is 13.2 Å². The molecule has 4 N–H and O–H groups in total. The Morgan fingerprint density at radius 3 is 2.56 bits per heavy atom. The fourth-order valence-electron chi connectivity index (χ4n) is 1.12. The van der Waals surface area contributed by atoms with E-state index in [0.717, 1.165) is 5.56 Å². The van der Waals surface area contributed by atoms with Gasteiger partial charge in [0, 0.05) is 17.9 Å². The van der Waals surface area contributed by atoms with E-state index in [1.54, 1.807) is 25.1 Å². The maximum Gasteiger partial charge on any atom is 0.416 e. The summed E-state index contributed by atoms with van der Waals surface area (Å²) in [7, 11) is 0. The Kier molecular flexibility index (Phi) is 3.64. The second kappa shape index (κ2) is 4.61. The van der Waals surface area contributed by atoms with Crippen molar-refractivity contribution in [2.45, 2.75) is 19.2 Å². The normalized spacial score (nSPS) is 13.6. The first-order chi connectivity index (χ1) is 7.30. The highest BCUT2D eigenvalue weighted by Crippen LogP contribution is 2.21. The molecule has 0 saturated carbocycles. The molecule has 16 heavy (non-hydrogen) atoms. The molecular weight excluding hydrogens is 221 g/mol. The summed E-state index contributed by atoms with van der Waals surface area (Å²) in [4.78, 5) is 0. The number of hydrogen-bond donors (Lipinski definition) is 3. The van der Waals surface area contributed by atoms with Crippen molar-refractivity contribution in [1.82, 2.24) is 0 Å². The Morgan fingerprint density at radius 1 is 1.44 bits per heavy atom. The molecule has 1 rings (SSSR count). The molecule has 0 aliphatic carbocycles. The highest BCUT2D eigenvalue weighted by molar-refractivity contribution is 5.56. The molecule has 90 valence electrons. The van der Waals surface area contributed by atoms with Crippen LogP contribution in [0.1, 0.15) is 5.56 Å². The first-order valence-electron chi connectivity index (χ1n) is 4.65. The Labute approximate surface area is 91.1 Å². The average Bonchev–Trinajstić information content (AvgIpc) is 2.18. The van der Waals surface area contributed by atoms with Gasteiger partial charge in [-0.1, -0.05) is 0 Å². The van der Waals surface area contributed by atoms with Gasteiger partial charge in [-0.15, -0.1) is 0 Å². The van der Waals surface area contributed by atoms with Gasteiger partial charge in [-0.3, -0.25) is 0 Å². The zero-order chi connectivity index (χ0) is 12.3. The van der Waals surface area contributed by atoms with Crippen molar-refractivity contribution in [1.29, 1.82) is 0 Å². The number of halogens is 3. The smallest absolute Gasteiger partial charge is 0.399 e. The number of aliphatic hydroxyl groups excluding tert-OH is 1. The molecular formula is C10H13F3N2O. The van der Waals surface area contributed by atoms with Crippen molar-refractivity contribution in [2.24, 2.45) is 0 Å². The van der Waals surface area contributed by atoms with E-state index in [1.165, 1.54) is 0 Å². The third kappa shape index (κ3) is 3.30. The van der Waals surface area contributed by atoms with Gasteiger partial charge in [0.05, 0.1) is 0 Å². The Bertz CT molecular complexity index is 366. The molecule has 0 spiro atoms. The van der Waals surface area contributed by atoms with Crippen LogP contribution in [0.2, 0.25) is 0 Å². The third-order valence-electron chi connectivity index (χ3n) is 2.15. The van der Waals surface area contributed by atoms with Crippen LogP contribution in [-0.4, -0.2) is 23.9 Å². The summed E-state index contributed by atoms with van der Waals surface area (Å²) < 4.78 is 36.0. The van der Waals surface area contributed by atoms with Crippen molar-refractivity contribution in [3.8, 4) is 0 Å². The number of aryl methyl sites for hydroxylation is 1. The van der Waals surface area contributed by atoms with Crippen LogP contribution in [0.3, 0.4) is 0 Å². The van der Waals surface area contributed by atoms with Crippen molar-refractivity contribution >= 4 is 11.4 Å². The molecule has 0 aromatic heterocycles. The van der Waals surface area contributed by atoms with Crippen LogP contribution in [0, 0.1) is 6.92 Å². The molecule has 0 heterocycles. The fourth-order valence-corrected chi connectivity index (χ4v) is 1.12. The second-order valence-corrected chi connectivity index (χ2v) is 3.51. The van der Waals surface area contributed by atoms with Crippen LogP contribution < -0.4 is 11.1 Å². The fraction of sp³-hybridized carbons (Fsp3) is 0.400. The van der Waals surface area contributed by atoms with Crippen LogP contribution in [-0.2, 0) is 0 Å². The summed E-state index contributed by atoms with van der Waals surface area (Å²) in [5, 5.41) is 11.3. The largest absolute Gasteiger partial charge is 0.416 e. The van der Waals surface area contributed by atoms with Gasteiger partial charge in [-0.05, 0) is 30.7 Å². The van der Waals surface area contributed by atoms with Crippen molar-refractivity contribution in [3.63, 3.8) is 0 Å². The van der Waals surface area contributed by atoms with Gasteiger partial charge < -0.3 is 16.2 Å². The van der Waals surface area contributed by atoms with E-state index in [0.29, 0.717) is 11.4 Å². The van der Waals surface area contributed by atoms with E-state index in [1.807, 2.05) is 0 Å². The van der Waals surface area contributed by atoms with Crippen molar-refractivity contribution in [2.75, 3.05) is 17.6 Å². The number of aliphatic hydroxyl groups is 1. The maximum atomic E-state index is 12.0. The molecule has 1 unspecified atom stereocenters. The highest BCUT2D eigenvalue weighted by Gasteiger charge is 2.37. The van der Waals surface area contributed by atoms with Gasteiger partial charge in [-0.25, -0.2) is 0 Å². The van der Waals surface area contributed by atoms with Crippen LogP contribution in [0.25, 0.3) is 0 Å². The molecule has 1 atom stereocenters. The summed E-state index contributed by atoms with van der Waals surface area (Å²) >= 11 is 0. The minimum Gasteiger partial charge on any atom is -0.399 e. The number of benzene rings is 1. The summed E-state index contributed by atoms with van der Waals surface area (Å²) in [5.74, 6) is 0. The number of alkyl halides is 3. The zero-order valence-electron chi connectivity index (χ0n) is 8.67. The topological polar surface area (TPSA) is 58.3 Å². The molecule has 0 aliphatic heterocycles.